The third-order valence-corrected chi connectivity index (χ3v) is 6.02. The quantitative estimate of drug-likeness (QED) is 0.834. The number of nitrogens with zero attached hydrogens (tertiary/aromatic N) is 1. The Morgan fingerprint density at radius 3 is 2.56 bits per heavy atom. The van der Waals surface area contributed by atoms with Gasteiger partial charge in [0.25, 0.3) is 0 Å². The van der Waals surface area contributed by atoms with E-state index in [1.54, 1.807) is 0 Å². The van der Waals surface area contributed by atoms with Gasteiger partial charge in [-0.15, -0.1) is 0 Å². The molecule has 3 rings (SSSR count). The van der Waals surface area contributed by atoms with E-state index in [9.17, 15) is 0 Å². The highest BCUT2D eigenvalue weighted by Gasteiger charge is 2.40. The Balaban J connectivity index is 1.57. The molecule has 0 aromatic rings. The van der Waals surface area contributed by atoms with Gasteiger partial charge in [0.05, 0.1) is 0 Å². The first-order chi connectivity index (χ1) is 8.63. The predicted molar refractivity (Wildman–Crippen MR) is 76.3 cm³/mol. The van der Waals surface area contributed by atoms with Crippen LogP contribution >= 0.6 is 0 Å². The highest BCUT2D eigenvalue weighted by molar-refractivity contribution is 4.95. The molecule has 104 valence electrons. The topological polar surface area (TPSA) is 29.3 Å². The van der Waals surface area contributed by atoms with E-state index in [-0.39, 0.29) is 0 Å². The van der Waals surface area contributed by atoms with Gasteiger partial charge in [0.2, 0.25) is 0 Å². The lowest BCUT2D eigenvalue weighted by atomic mass is 9.73. The SMILES string of the molecule is CC(C)C1CCC(N)C(CN2CC3CCC2C3)C1. The van der Waals surface area contributed by atoms with Crippen LogP contribution in [0.4, 0.5) is 0 Å². The van der Waals surface area contributed by atoms with Crippen LogP contribution in [-0.2, 0) is 0 Å². The van der Waals surface area contributed by atoms with Crippen LogP contribution in [0.2, 0.25) is 0 Å². The molecule has 2 aliphatic carbocycles. The van der Waals surface area contributed by atoms with Crippen molar-refractivity contribution in [1.29, 1.82) is 0 Å². The average molecular weight is 250 g/mol. The van der Waals surface area contributed by atoms with Gasteiger partial charge in [0.15, 0.2) is 0 Å². The summed E-state index contributed by atoms with van der Waals surface area (Å²) in [7, 11) is 0. The van der Waals surface area contributed by atoms with Crippen LogP contribution in [0.1, 0.15) is 52.4 Å². The maximum absolute atomic E-state index is 6.39. The molecule has 5 unspecified atom stereocenters. The minimum absolute atomic E-state index is 0.471. The minimum Gasteiger partial charge on any atom is -0.327 e. The molecule has 0 radical (unpaired) electrons. The summed E-state index contributed by atoms with van der Waals surface area (Å²) in [5.74, 6) is 3.56. The summed E-state index contributed by atoms with van der Waals surface area (Å²) in [6.45, 7) is 7.44. The van der Waals surface area contributed by atoms with E-state index < -0.39 is 0 Å². The Hall–Kier alpha value is -0.0800. The number of piperidine rings is 1. The van der Waals surface area contributed by atoms with Gasteiger partial charge in [0.1, 0.15) is 0 Å². The summed E-state index contributed by atoms with van der Waals surface area (Å²) in [5, 5.41) is 0. The first-order valence-corrected chi connectivity index (χ1v) is 8.13. The molecule has 3 aliphatic rings. The van der Waals surface area contributed by atoms with Gasteiger partial charge in [-0.1, -0.05) is 13.8 Å². The van der Waals surface area contributed by atoms with Gasteiger partial charge in [0, 0.05) is 25.2 Å². The van der Waals surface area contributed by atoms with E-state index in [4.69, 9.17) is 5.73 Å². The van der Waals surface area contributed by atoms with E-state index in [2.05, 4.69) is 18.7 Å². The number of rotatable bonds is 3. The zero-order valence-corrected chi connectivity index (χ0v) is 12.1. The molecule has 5 atom stereocenters. The molecule has 3 fully saturated rings. The molecule has 1 saturated heterocycles. The van der Waals surface area contributed by atoms with Gasteiger partial charge < -0.3 is 5.73 Å². The van der Waals surface area contributed by atoms with E-state index in [0.29, 0.717) is 6.04 Å². The molecule has 0 aromatic carbocycles. The molecule has 1 heterocycles. The Bertz CT molecular complexity index is 289. The monoisotopic (exact) mass is 250 g/mol. The van der Waals surface area contributed by atoms with Crippen LogP contribution in [0, 0.1) is 23.7 Å². The second-order valence-electron chi connectivity index (χ2n) is 7.53. The lowest BCUT2D eigenvalue weighted by Gasteiger charge is -2.39. The number of fused-ring (bicyclic) bond motifs is 2. The third kappa shape index (κ3) is 2.46. The Morgan fingerprint density at radius 1 is 1.11 bits per heavy atom. The normalized spacial score (nSPS) is 45.0. The van der Waals surface area contributed by atoms with Crippen LogP contribution in [0.3, 0.4) is 0 Å². The fraction of sp³-hybridized carbons (Fsp3) is 1.00. The molecule has 18 heavy (non-hydrogen) atoms. The number of nitrogens with two attached hydrogens (primary N) is 1. The van der Waals surface area contributed by atoms with Crippen molar-refractivity contribution in [2.24, 2.45) is 29.4 Å². The van der Waals surface area contributed by atoms with Crippen molar-refractivity contribution in [3.8, 4) is 0 Å². The Kier molecular flexibility index (Phi) is 3.68. The van der Waals surface area contributed by atoms with Crippen molar-refractivity contribution >= 4 is 0 Å². The molecule has 0 spiro atoms. The highest BCUT2D eigenvalue weighted by Crippen LogP contribution is 2.40. The van der Waals surface area contributed by atoms with E-state index in [1.807, 2.05) is 0 Å². The fourth-order valence-electron chi connectivity index (χ4n) is 4.69. The van der Waals surface area contributed by atoms with Crippen molar-refractivity contribution < 1.29 is 0 Å². The molecule has 0 amide bonds. The summed E-state index contributed by atoms with van der Waals surface area (Å²) >= 11 is 0. The summed E-state index contributed by atoms with van der Waals surface area (Å²) in [4.78, 5) is 2.78. The van der Waals surface area contributed by atoms with Crippen LogP contribution in [-0.4, -0.2) is 30.1 Å². The number of likely N-dealkylation sites (tertiary alicyclic amines) is 1. The van der Waals surface area contributed by atoms with Crippen LogP contribution in [0.15, 0.2) is 0 Å². The third-order valence-electron chi connectivity index (χ3n) is 6.02. The second-order valence-corrected chi connectivity index (χ2v) is 7.53. The predicted octanol–water partition coefficient (Wildman–Crippen LogP) is 2.87. The lowest BCUT2D eigenvalue weighted by molar-refractivity contribution is 0.117. The average Bonchev–Trinajstić information content (AvgIpc) is 2.93. The summed E-state index contributed by atoms with van der Waals surface area (Å²) in [6.07, 6.45) is 8.44. The van der Waals surface area contributed by atoms with Crippen LogP contribution in [0.25, 0.3) is 0 Å². The van der Waals surface area contributed by atoms with Gasteiger partial charge in [-0.2, -0.15) is 0 Å². The molecule has 2 heteroatoms. The Labute approximate surface area is 112 Å². The van der Waals surface area contributed by atoms with Gasteiger partial charge in [-0.05, 0) is 62.2 Å². The van der Waals surface area contributed by atoms with Crippen LogP contribution < -0.4 is 5.73 Å². The minimum atomic E-state index is 0.471. The summed E-state index contributed by atoms with van der Waals surface area (Å²) in [5.41, 5.74) is 6.39. The smallest absolute Gasteiger partial charge is 0.00987 e. The van der Waals surface area contributed by atoms with Crippen LogP contribution in [0.5, 0.6) is 0 Å². The first kappa shape index (κ1) is 12.9. The molecule has 2 N–H and O–H groups in total. The first-order valence-electron chi connectivity index (χ1n) is 8.13. The van der Waals surface area contributed by atoms with E-state index in [0.717, 1.165) is 29.7 Å². The van der Waals surface area contributed by atoms with Gasteiger partial charge in [-0.25, -0.2) is 0 Å². The second kappa shape index (κ2) is 5.13. The largest absolute Gasteiger partial charge is 0.327 e. The maximum Gasteiger partial charge on any atom is 0.00987 e. The maximum atomic E-state index is 6.39. The fourth-order valence-corrected chi connectivity index (χ4v) is 4.69. The molecule has 2 nitrogen and oxygen atoms in total. The molecular weight excluding hydrogens is 220 g/mol. The molecule has 2 saturated carbocycles. The standard InChI is InChI=1S/C16H30N2/c1-11(2)13-4-6-16(17)14(8-13)10-18-9-12-3-5-15(18)7-12/h11-16H,3-10,17H2,1-2H3. The van der Waals surface area contributed by atoms with Crippen molar-refractivity contribution in [2.75, 3.05) is 13.1 Å². The number of hydrogen-bond acceptors (Lipinski definition) is 2. The summed E-state index contributed by atoms with van der Waals surface area (Å²) in [6, 6.07) is 1.39. The Morgan fingerprint density at radius 2 is 1.94 bits per heavy atom. The zero-order valence-electron chi connectivity index (χ0n) is 12.1. The molecular formula is C16H30N2. The van der Waals surface area contributed by atoms with Crippen molar-refractivity contribution in [3.05, 3.63) is 0 Å². The number of hydrogen-bond donors (Lipinski definition) is 1. The molecule has 1 aliphatic heterocycles. The summed E-state index contributed by atoms with van der Waals surface area (Å²) < 4.78 is 0. The lowest BCUT2D eigenvalue weighted by Crippen LogP contribution is -2.45. The highest BCUT2D eigenvalue weighted by atomic mass is 15.2. The van der Waals surface area contributed by atoms with Gasteiger partial charge in [-0.3, -0.25) is 4.90 Å². The van der Waals surface area contributed by atoms with Crippen molar-refractivity contribution in [3.63, 3.8) is 0 Å². The van der Waals surface area contributed by atoms with E-state index in [1.165, 1.54) is 51.6 Å². The van der Waals surface area contributed by atoms with E-state index >= 15 is 0 Å². The van der Waals surface area contributed by atoms with Gasteiger partial charge >= 0.3 is 0 Å². The van der Waals surface area contributed by atoms with Crippen molar-refractivity contribution in [2.45, 2.75) is 64.5 Å². The zero-order chi connectivity index (χ0) is 12.7. The molecule has 2 bridgehead atoms. The van der Waals surface area contributed by atoms with Crippen molar-refractivity contribution in [1.82, 2.24) is 4.90 Å². The molecule has 0 aromatic heterocycles.